The van der Waals surface area contributed by atoms with E-state index >= 15 is 0 Å². The Morgan fingerprint density at radius 3 is 2.35 bits per heavy atom. The molecule has 3 aromatic carbocycles. The summed E-state index contributed by atoms with van der Waals surface area (Å²) in [4.78, 5) is 24.9. The zero-order chi connectivity index (χ0) is 23.8. The summed E-state index contributed by atoms with van der Waals surface area (Å²) >= 11 is 2.47. The van der Waals surface area contributed by atoms with Crippen LogP contribution in [0.15, 0.2) is 83.2 Å². The molecule has 2 amide bonds. The van der Waals surface area contributed by atoms with Gasteiger partial charge in [-0.25, -0.2) is 0 Å². The zero-order valence-electron chi connectivity index (χ0n) is 18.4. The van der Waals surface area contributed by atoms with Crippen molar-refractivity contribution in [2.45, 2.75) is 11.3 Å². The maximum Gasteiger partial charge on any atom is 0.257 e. The number of anilines is 2. The molecule has 0 fully saturated rings. The van der Waals surface area contributed by atoms with Gasteiger partial charge in [-0.3, -0.25) is 14.9 Å². The van der Waals surface area contributed by atoms with E-state index in [9.17, 15) is 9.59 Å². The Bertz CT molecular complexity index is 1260. The molecule has 0 bridgehead atoms. The van der Waals surface area contributed by atoms with Gasteiger partial charge in [-0.2, -0.15) is 0 Å². The number of thioether (sulfide) groups is 1. The first kappa shape index (κ1) is 23.5. The van der Waals surface area contributed by atoms with Gasteiger partial charge in [0, 0.05) is 5.56 Å². The number of ether oxygens (including phenoxy) is 1. The number of para-hydroxylation sites is 2. The Morgan fingerprint density at radius 2 is 1.59 bits per heavy atom. The first-order valence-corrected chi connectivity index (χ1v) is 12.4. The first-order chi connectivity index (χ1) is 16.6. The van der Waals surface area contributed by atoms with Gasteiger partial charge in [0.2, 0.25) is 11.0 Å². The maximum atomic E-state index is 12.6. The van der Waals surface area contributed by atoms with E-state index in [1.54, 1.807) is 24.3 Å². The van der Waals surface area contributed by atoms with Crippen LogP contribution in [-0.4, -0.2) is 34.4 Å². The number of hydrogen-bond donors (Lipinski definition) is 2. The van der Waals surface area contributed by atoms with Crippen molar-refractivity contribution in [2.75, 3.05) is 23.0 Å². The molecule has 7 nitrogen and oxygen atoms in total. The number of carbonyl (C=O) groups excluding carboxylic acids is 2. The summed E-state index contributed by atoms with van der Waals surface area (Å²) in [7, 11) is 0. The largest absolute Gasteiger partial charge is 0.492 e. The molecule has 0 saturated carbocycles. The van der Waals surface area contributed by atoms with Gasteiger partial charge in [-0.15, -0.1) is 10.2 Å². The Labute approximate surface area is 205 Å². The van der Waals surface area contributed by atoms with Crippen LogP contribution < -0.4 is 15.4 Å². The molecule has 0 aliphatic heterocycles. The molecule has 0 unspecified atom stereocenters. The highest BCUT2D eigenvalue weighted by molar-refractivity contribution is 8.01. The van der Waals surface area contributed by atoms with Gasteiger partial charge in [0.05, 0.1) is 18.0 Å². The third-order valence-electron chi connectivity index (χ3n) is 4.67. The Morgan fingerprint density at radius 1 is 0.882 bits per heavy atom. The van der Waals surface area contributed by atoms with Crippen LogP contribution in [0.3, 0.4) is 0 Å². The topological polar surface area (TPSA) is 93.2 Å². The highest BCUT2D eigenvalue weighted by Crippen LogP contribution is 2.28. The van der Waals surface area contributed by atoms with Crippen molar-refractivity contribution < 1.29 is 14.3 Å². The lowest BCUT2D eigenvalue weighted by molar-refractivity contribution is -0.113. The average molecular weight is 491 g/mol. The summed E-state index contributed by atoms with van der Waals surface area (Å²) in [6, 6.07) is 24.6. The highest BCUT2D eigenvalue weighted by atomic mass is 32.2. The van der Waals surface area contributed by atoms with Crippen molar-refractivity contribution in [2.24, 2.45) is 0 Å². The molecule has 0 aliphatic rings. The van der Waals surface area contributed by atoms with Crippen molar-refractivity contribution in [3.05, 3.63) is 84.4 Å². The van der Waals surface area contributed by atoms with Gasteiger partial charge in [0.25, 0.3) is 5.91 Å². The fourth-order valence-corrected chi connectivity index (χ4v) is 4.64. The number of amides is 2. The second kappa shape index (κ2) is 11.4. The van der Waals surface area contributed by atoms with E-state index in [1.165, 1.54) is 23.1 Å². The lowest BCUT2D eigenvalue weighted by Gasteiger charge is -2.10. The number of aromatic nitrogens is 2. The third-order valence-corrected chi connectivity index (χ3v) is 6.64. The predicted molar refractivity (Wildman–Crippen MR) is 137 cm³/mol. The number of hydrogen-bond acceptors (Lipinski definition) is 7. The molecule has 2 N–H and O–H groups in total. The smallest absolute Gasteiger partial charge is 0.257 e. The minimum atomic E-state index is -0.266. The second-order valence-electron chi connectivity index (χ2n) is 7.04. The molecule has 0 aliphatic carbocycles. The number of carbonyl (C=O) groups is 2. The summed E-state index contributed by atoms with van der Waals surface area (Å²) < 4.78 is 6.11. The Hall–Kier alpha value is -3.69. The number of nitrogens with one attached hydrogen (secondary N) is 2. The van der Waals surface area contributed by atoms with Gasteiger partial charge in [-0.1, -0.05) is 77.7 Å². The summed E-state index contributed by atoms with van der Waals surface area (Å²) in [5.74, 6) is 0.333. The van der Waals surface area contributed by atoms with E-state index in [-0.39, 0.29) is 17.6 Å². The van der Waals surface area contributed by atoms with Crippen LogP contribution in [0.5, 0.6) is 5.75 Å². The Balaban J connectivity index is 1.29. The molecule has 4 rings (SSSR count). The van der Waals surface area contributed by atoms with Gasteiger partial charge in [-0.05, 0) is 42.3 Å². The summed E-state index contributed by atoms with van der Waals surface area (Å²) in [6.45, 7) is 2.40. The van der Waals surface area contributed by atoms with E-state index in [4.69, 9.17) is 4.74 Å². The van der Waals surface area contributed by atoms with Crippen molar-refractivity contribution in [3.8, 4) is 16.9 Å². The minimum absolute atomic E-state index is 0.157. The SMILES string of the molecule is CCOc1ccccc1NC(=O)CSc1nnc(NC(=O)c2ccc(-c3ccccc3)cc2)s1. The quantitative estimate of drug-likeness (QED) is 0.235. The van der Waals surface area contributed by atoms with Crippen LogP contribution in [0.25, 0.3) is 11.1 Å². The van der Waals surface area contributed by atoms with E-state index in [1.807, 2.05) is 61.5 Å². The molecular formula is C25H22N4O3S2. The molecule has 9 heteroatoms. The fraction of sp³-hybridized carbons (Fsp3) is 0.120. The molecule has 1 heterocycles. The molecule has 34 heavy (non-hydrogen) atoms. The fourth-order valence-electron chi connectivity index (χ4n) is 3.10. The van der Waals surface area contributed by atoms with Crippen LogP contribution in [-0.2, 0) is 4.79 Å². The molecule has 0 radical (unpaired) electrons. The van der Waals surface area contributed by atoms with Gasteiger partial charge >= 0.3 is 0 Å². The predicted octanol–water partition coefficient (Wildman–Crippen LogP) is 5.59. The normalized spacial score (nSPS) is 10.5. The van der Waals surface area contributed by atoms with Crippen molar-refractivity contribution in [3.63, 3.8) is 0 Å². The van der Waals surface area contributed by atoms with Gasteiger partial charge < -0.3 is 10.1 Å². The highest BCUT2D eigenvalue weighted by Gasteiger charge is 2.13. The van der Waals surface area contributed by atoms with Crippen LogP contribution in [0.4, 0.5) is 10.8 Å². The second-order valence-corrected chi connectivity index (χ2v) is 9.24. The molecule has 0 atom stereocenters. The molecule has 4 aromatic rings. The van der Waals surface area contributed by atoms with E-state index < -0.39 is 0 Å². The number of rotatable bonds is 9. The zero-order valence-corrected chi connectivity index (χ0v) is 20.0. The molecule has 0 saturated heterocycles. The lowest BCUT2D eigenvalue weighted by Crippen LogP contribution is -2.14. The molecule has 1 aromatic heterocycles. The van der Waals surface area contributed by atoms with Crippen LogP contribution in [0, 0.1) is 0 Å². The van der Waals surface area contributed by atoms with E-state index in [0.29, 0.717) is 33.1 Å². The van der Waals surface area contributed by atoms with Gasteiger partial charge in [0.1, 0.15) is 5.75 Å². The van der Waals surface area contributed by atoms with Crippen LogP contribution in [0.1, 0.15) is 17.3 Å². The van der Waals surface area contributed by atoms with E-state index in [2.05, 4.69) is 20.8 Å². The molecule has 0 spiro atoms. The monoisotopic (exact) mass is 490 g/mol. The van der Waals surface area contributed by atoms with Crippen molar-refractivity contribution in [1.82, 2.24) is 10.2 Å². The van der Waals surface area contributed by atoms with E-state index in [0.717, 1.165) is 11.1 Å². The molecular weight excluding hydrogens is 468 g/mol. The van der Waals surface area contributed by atoms with Crippen molar-refractivity contribution in [1.29, 1.82) is 0 Å². The standard InChI is InChI=1S/C25H22N4O3S2/c1-2-32-21-11-7-6-10-20(21)26-22(30)16-33-25-29-28-24(34-25)27-23(31)19-14-12-18(13-15-19)17-8-4-3-5-9-17/h3-15H,2,16H2,1H3,(H,26,30)(H,27,28,31). The van der Waals surface area contributed by atoms with Crippen LogP contribution in [0.2, 0.25) is 0 Å². The van der Waals surface area contributed by atoms with Crippen molar-refractivity contribution >= 4 is 45.7 Å². The van der Waals surface area contributed by atoms with Crippen LogP contribution >= 0.6 is 23.1 Å². The maximum absolute atomic E-state index is 12.6. The number of nitrogens with zero attached hydrogens (tertiary/aromatic N) is 2. The summed E-state index contributed by atoms with van der Waals surface area (Å²) in [6.07, 6.45) is 0. The lowest BCUT2D eigenvalue weighted by atomic mass is 10.0. The van der Waals surface area contributed by atoms with Gasteiger partial charge in [0.15, 0.2) is 4.34 Å². The molecule has 172 valence electrons. The minimum Gasteiger partial charge on any atom is -0.492 e. The number of benzene rings is 3. The third kappa shape index (κ3) is 6.21. The average Bonchev–Trinajstić information content (AvgIpc) is 3.32. The first-order valence-electron chi connectivity index (χ1n) is 10.6. The summed E-state index contributed by atoms with van der Waals surface area (Å²) in [5, 5.41) is 14.0. The Kier molecular flexibility index (Phi) is 7.90. The summed E-state index contributed by atoms with van der Waals surface area (Å²) in [5.41, 5.74) is 3.27.